The first-order valence-corrected chi connectivity index (χ1v) is 7.07. The molecule has 0 aliphatic carbocycles. The fourth-order valence-corrected chi connectivity index (χ4v) is 3.06. The van der Waals surface area contributed by atoms with Gasteiger partial charge in [0.1, 0.15) is 0 Å². The first kappa shape index (κ1) is 13.9. The minimum Gasteiger partial charge on any atom is -0.399 e. The summed E-state index contributed by atoms with van der Waals surface area (Å²) in [6.45, 7) is 9.41. The van der Waals surface area contributed by atoms with E-state index in [1.807, 2.05) is 30.0 Å². The van der Waals surface area contributed by atoms with Crippen LogP contribution in [-0.4, -0.2) is 23.4 Å². The Kier molecular flexibility index (Phi) is 3.83. The van der Waals surface area contributed by atoms with Gasteiger partial charge in [-0.25, -0.2) is 0 Å². The van der Waals surface area contributed by atoms with Crippen LogP contribution < -0.4 is 5.73 Å². The van der Waals surface area contributed by atoms with Gasteiger partial charge in [-0.3, -0.25) is 4.79 Å². The predicted molar refractivity (Wildman–Crippen MR) is 79.0 cm³/mol. The molecule has 1 aliphatic rings. The van der Waals surface area contributed by atoms with Crippen LogP contribution in [0.3, 0.4) is 0 Å². The van der Waals surface area contributed by atoms with Gasteiger partial charge in [0, 0.05) is 23.8 Å². The van der Waals surface area contributed by atoms with E-state index < -0.39 is 0 Å². The van der Waals surface area contributed by atoms with Crippen LogP contribution in [0.25, 0.3) is 0 Å². The lowest BCUT2D eigenvalue weighted by molar-refractivity contribution is 0.0455. The Balaban J connectivity index is 2.27. The number of amides is 1. The average Bonchev–Trinajstić information content (AvgIpc) is 2.33. The zero-order valence-electron chi connectivity index (χ0n) is 12.3. The van der Waals surface area contributed by atoms with Crippen molar-refractivity contribution in [3.63, 3.8) is 0 Å². The Labute approximate surface area is 115 Å². The van der Waals surface area contributed by atoms with Gasteiger partial charge in [0.25, 0.3) is 5.91 Å². The van der Waals surface area contributed by atoms with E-state index in [-0.39, 0.29) is 5.91 Å². The Morgan fingerprint density at radius 1 is 1.32 bits per heavy atom. The van der Waals surface area contributed by atoms with Crippen molar-refractivity contribution < 1.29 is 4.79 Å². The van der Waals surface area contributed by atoms with Crippen molar-refractivity contribution >= 4 is 11.6 Å². The van der Waals surface area contributed by atoms with E-state index in [1.54, 1.807) is 0 Å². The lowest BCUT2D eigenvalue weighted by atomic mass is 9.85. The Hall–Kier alpha value is -1.51. The third kappa shape index (κ3) is 2.75. The second kappa shape index (κ2) is 5.24. The summed E-state index contributed by atoms with van der Waals surface area (Å²) in [6.07, 6.45) is 1.20. The highest BCUT2D eigenvalue weighted by atomic mass is 16.2. The van der Waals surface area contributed by atoms with Gasteiger partial charge in [-0.1, -0.05) is 13.8 Å². The van der Waals surface area contributed by atoms with Crippen LogP contribution in [0.15, 0.2) is 18.2 Å². The van der Waals surface area contributed by atoms with Crippen molar-refractivity contribution in [2.45, 2.75) is 40.2 Å². The molecular formula is C16H24N2O. The number of likely N-dealkylation sites (tertiary alicyclic amines) is 1. The third-order valence-electron chi connectivity index (χ3n) is 4.34. The van der Waals surface area contributed by atoms with Crippen molar-refractivity contribution in [2.75, 3.05) is 12.3 Å². The van der Waals surface area contributed by atoms with Gasteiger partial charge in [0.05, 0.1) is 0 Å². The van der Waals surface area contributed by atoms with Crippen LogP contribution >= 0.6 is 0 Å². The van der Waals surface area contributed by atoms with Crippen molar-refractivity contribution in [2.24, 2.45) is 11.8 Å². The fourth-order valence-electron chi connectivity index (χ4n) is 3.06. The third-order valence-corrected chi connectivity index (χ3v) is 4.34. The monoisotopic (exact) mass is 260 g/mol. The van der Waals surface area contributed by atoms with Crippen LogP contribution in [0.4, 0.5) is 5.69 Å². The smallest absolute Gasteiger partial charge is 0.254 e. The summed E-state index contributed by atoms with van der Waals surface area (Å²) >= 11 is 0. The molecule has 1 aliphatic heterocycles. The van der Waals surface area contributed by atoms with E-state index in [0.717, 1.165) is 17.7 Å². The van der Waals surface area contributed by atoms with Crippen LogP contribution in [0, 0.1) is 18.8 Å². The number of hydrogen-bond acceptors (Lipinski definition) is 2. The molecule has 0 spiro atoms. The molecule has 2 rings (SSSR count). The van der Waals surface area contributed by atoms with Gasteiger partial charge >= 0.3 is 0 Å². The molecule has 104 valence electrons. The van der Waals surface area contributed by atoms with Gasteiger partial charge in [0.2, 0.25) is 0 Å². The van der Waals surface area contributed by atoms with Crippen molar-refractivity contribution in [1.29, 1.82) is 0 Å². The first-order chi connectivity index (χ1) is 8.90. The summed E-state index contributed by atoms with van der Waals surface area (Å²) in [5, 5.41) is 0. The highest BCUT2D eigenvalue weighted by Crippen LogP contribution is 2.28. The number of benzene rings is 1. The normalized spacial score (nSPS) is 27.4. The van der Waals surface area contributed by atoms with E-state index in [1.165, 1.54) is 6.42 Å². The lowest BCUT2D eigenvalue weighted by Crippen LogP contribution is -2.49. The molecule has 0 bridgehead atoms. The van der Waals surface area contributed by atoms with Crippen LogP contribution in [0.5, 0.6) is 0 Å². The number of aryl methyl sites for hydroxylation is 1. The molecule has 0 saturated carbocycles. The summed E-state index contributed by atoms with van der Waals surface area (Å²) in [5.74, 6) is 1.27. The maximum absolute atomic E-state index is 12.7. The molecular weight excluding hydrogens is 236 g/mol. The summed E-state index contributed by atoms with van der Waals surface area (Å²) in [5.41, 5.74) is 8.20. The first-order valence-electron chi connectivity index (χ1n) is 7.07. The fraction of sp³-hybridized carbons (Fsp3) is 0.562. The predicted octanol–water partition coefficient (Wildman–Crippen LogP) is 3.08. The Bertz CT molecular complexity index is 484. The second-order valence-corrected chi connectivity index (χ2v) is 6.09. The average molecular weight is 260 g/mol. The number of rotatable bonds is 1. The molecule has 19 heavy (non-hydrogen) atoms. The quantitative estimate of drug-likeness (QED) is 0.789. The lowest BCUT2D eigenvalue weighted by Gasteiger charge is -2.41. The number of nitrogen functional groups attached to an aromatic ring is 1. The van der Waals surface area contributed by atoms with Crippen LogP contribution in [0.2, 0.25) is 0 Å². The van der Waals surface area contributed by atoms with E-state index in [0.29, 0.717) is 23.6 Å². The largest absolute Gasteiger partial charge is 0.399 e. The zero-order valence-corrected chi connectivity index (χ0v) is 12.3. The van der Waals surface area contributed by atoms with Gasteiger partial charge in [0.15, 0.2) is 0 Å². The highest BCUT2D eigenvalue weighted by Gasteiger charge is 2.32. The summed E-state index contributed by atoms with van der Waals surface area (Å²) < 4.78 is 0. The molecule has 1 saturated heterocycles. The number of nitrogens with two attached hydrogens (primary N) is 1. The molecule has 1 aromatic carbocycles. The van der Waals surface area contributed by atoms with E-state index in [4.69, 9.17) is 5.73 Å². The zero-order chi connectivity index (χ0) is 14.2. The maximum atomic E-state index is 12.7. The Morgan fingerprint density at radius 2 is 2.00 bits per heavy atom. The molecule has 2 N–H and O–H groups in total. The molecule has 0 radical (unpaired) electrons. The molecule has 3 unspecified atom stereocenters. The van der Waals surface area contributed by atoms with Gasteiger partial charge in [-0.05, 0) is 55.9 Å². The maximum Gasteiger partial charge on any atom is 0.254 e. The number of carbonyl (C=O) groups excluding carboxylic acids is 1. The van der Waals surface area contributed by atoms with E-state index >= 15 is 0 Å². The number of piperidine rings is 1. The summed E-state index contributed by atoms with van der Waals surface area (Å²) in [7, 11) is 0. The van der Waals surface area contributed by atoms with Gasteiger partial charge in [-0.2, -0.15) is 0 Å². The van der Waals surface area contributed by atoms with Crippen LogP contribution in [-0.2, 0) is 0 Å². The number of carbonyl (C=O) groups is 1. The molecule has 0 aromatic heterocycles. The minimum absolute atomic E-state index is 0.142. The van der Waals surface area contributed by atoms with Gasteiger partial charge < -0.3 is 10.6 Å². The highest BCUT2D eigenvalue weighted by molar-refractivity contribution is 5.96. The molecule has 1 aromatic rings. The summed E-state index contributed by atoms with van der Waals surface area (Å²) in [6, 6.07) is 5.83. The molecule has 3 heteroatoms. The number of hydrogen-bond donors (Lipinski definition) is 1. The molecule has 1 heterocycles. The second-order valence-electron chi connectivity index (χ2n) is 6.09. The van der Waals surface area contributed by atoms with Crippen molar-refractivity contribution in [1.82, 2.24) is 4.90 Å². The molecule has 1 amide bonds. The van der Waals surface area contributed by atoms with E-state index in [2.05, 4.69) is 20.8 Å². The number of anilines is 1. The Morgan fingerprint density at radius 3 is 2.63 bits per heavy atom. The molecule has 3 atom stereocenters. The van der Waals surface area contributed by atoms with E-state index in [9.17, 15) is 4.79 Å². The SMILES string of the molecule is Cc1cc(N)ccc1C(=O)N1CC(C)CC(C)C1C. The van der Waals surface area contributed by atoms with Crippen molar-refractivity contribution in [3.8, 4) is 0 Å². The summed E-state index contributed by atoms with van der Waals surface area (Å²) in [4.78, 5) is 14.7. The topological polar surface area (TPSA) is 46.3 Å². The standard InChI is InChI=1S/C16H24N2O/c1-10-7-11(2)13(4)18(9-10)16(19)15-6-5-14(17)8-12(15)3/h5-6,8,10-11,13H,7,9,17H2,1-4H3. The molecule has 1 fully saturated rings. The van der Waals surface area contributed by atoms with Crippen LogP contribution in [0.1, 0.15) is 43.1 Å². The van der Waals surface area contributed by atoms with Crippen molar-refractivity contribution in [3.05, 3.63) is 29.3 Å². The number of nitrogens with zero attached hydrogens (tertiary/aromatic N) is 1. The minimum atomic E-state index is 0.142. The van der Waals surface area contributed by atoms with Gasteiger partial charge in [-0.15, -0.1) is 0 Å². The molecule has 3 nitrogen and oxygen atoms in total.